The average molecular weight is 322 g/mol. The number of H-pyrrole nitrogens is 1. The number of ketones is 1. The molecule has 0 saturated carbocycles. The second-order valence-electron chi connectivity index (χ2n) is 6.10. The van der Waals surface area contributed by atoms with E-state index in [4.69, 9.17) is 4.74 Å². The van der Waals surface area contributed by atoms with Crippen molar-refractivity contribution in [3.8, 4) is 5.75 Å². The third kappa shape index (κ3) is 2.87. The Morgan fingerprint density at radius 2 is 1.92 bits per heavy atom. The van der Waals surface area contributed by atoms with Crippen molar-refractivity contribution < 1.29 is 9.53 Å². The molecule has 0 aliphatic heterocycles. The van der Waals surface area contributed by atoms with Crippen molar-refractivity contribution in [2.75, 3.05) is 12.4 Å². The van der Waals surface area contributed by atoms with Gasteiger partial charge in [-0.15, -0.1) is 0 Å². The van der Waals surface area contributed by atoms with E-state index in [1.165, 1.54) is 0 Å². The fourth-order valence-electron chi connectivity index (χ4n) is 3.04. The number of aromatic amines is 1. The van der Waals surface area contributed by atoms with Gasteiger partial charge in [0.2, 0.25) is 0 Å². The van der Waals surface area contributed by atoms with Gasteiger partial charge in [0.25, 0.3) is 0 Å². The first-order chi connectivity index (χ1) is 11.5. The second kappa shape index (κ2) is 6.40. The number of carbonyl (C=O) groups is 1. The monoisotopic (exact) mass is 322 g/mol. The van der Waals surface area contributed by atoms with Crippen molar-refractivity contribution in [2.45, 2.75) is 26.8 Å². The van der Waals surface area contributed by atoms with E-state index in [-0.39, 0.29) is 11.8 Å². The minimum Gasteiger partial charge on any atom is -0.495 e. The molecular formula is C20H22N2O2. The van der Waals surface area contributed by atoms with Crippen molar-refractivity contribution in [1.82, 2.24) is 4.98 Å². The molecule has 124 valence electrons. The van der Waals surface area contributed by atoms with Crippen LogP contribution in [0.5, 0.6) is 5.75 Å². The first kappa shape index (κ1) is 16.1. The SMILES string of the molecule is COc1ccc(C)cc1N[C@H](C)C(=O)c1c(C)[nH]c2ccccc12. The molecule has 0 radical (unpaired) electrons. The molecule has 0 aliphatic rings. The van der Waals surface area contributed by atoms with Crippen molar-refractivity contribution in [2.24, 2.45) is 0 Å². The topological polar surface area (TPSA) is 54.1 Å². The van der Waals surface area contributed by atoms with E-state index in [1.807, 2.05) is 63.2 Å². The van der Waals surface area contributed by atoms with E-state index in [9.17, 15) is 4.79 Å². The zero-order chi connectivity index (χ0) is 17.3. The highest BCUT2D eigenvalue weighted by molar-refractivity contribution is 6.12. The molecule has 4 nitrogen and oxygen atoms in total. The van der Waals surface area contributed by atoms with E-state index in [1.54, 1.807) is 7.11 Å². The van der Waals surface area contributed by atoms with E-state index in [0.717, 1.165) is 39.2 Å². The minimum atomic E-state index is -0.362. The quantitative estimate of drug-likeness (QED) is 0.681. The van der Waals surface area contributed by atoms with Gasteiger partial charge in [0.05, 0.1) is 18.8 Å². The van der Waals surface area contributed by atoms with Crippen LogP contribution in [0.25, 0.3) is 10.9 Å². The molecule has 3 rings (SSSR count). The van der Waals surface area contributed by atoms with Gasteiger partial charge in [-0.2, -0.15) is 0 Å². The summed E-state index contributed by atoms with van der Waals surface area (Å²) < 4.78 is 5.39. The number of benzene rings is 2. The van der Waals surface area contributed by atoms with E-state index >= 15 is 0 Å². The standard InChI is InChI=1S/C20H22N2O2/c1-12-9-10-18(24-4)17(11-12)22-14(3)20(23)19-13(2)21-16-8-6-5-7-15(16)19/h5-11,14,21-22H,1-4H3/t14-/m1/s1. The van der Waals surface area contributed by atoms with Crippen LogP contribution in [0.1, 0.15) is 28.5 Å². The van der Waals surface area contributed by atoms with Gasteiger partial charge in [-0.25, -0.2) is 0 Å². The molecule has 0 aliphatic carbocycles. The molecule has 0 unspecified atom stereocenters. The normalized spacial score (nSPS) is 12.2. The summed E-state index contributed by atoms with van der Waals surface area (Å²) in [5, 5.41) is 4.26. The van der Waals surface area contributed by atoms with Crippen LogP contribution < -0.4 is 10.1 Å². The summed E-state index contributed by atoms with van der Waals surface area (Å²) in [5.74, 6) is 0.796. The van der Waals surface area contributed by atoms with Gasteiger partial charge >= 0.3 is 0 Å². The number of carbonyl (C=O) groups excluding carboxylic acids is 1. The zero-order valence-electron chi connectivity index (χ0n) is 14.4. The van der Waals surface area contributed by atoms with Crippen molar-refractivity contribution in [3.63, 3.8) is 0 Å². The van der Waals surface area contributed by atoms with Crippen molar-refractivity contribution in [1.29, 1.82) is 0 Å². The van der Waals surface area contributed by atoms with Crippen LogP contribution in [-0.2, 0) is 0 Å². The highest BCUT2D eigenvalue weighted by atomic mass is 16.5. The highest BCUT2D eigenvalue weighted by Crippen LogP contribution is 2.28. The Bertz CT molecular complexity index is 896. The van der Waals surface area contributed by atoms with Gasteiger partial charge in [-0.3, -0.25) is 4.79 Å². The van der Waals surface area contributed by atoms with Crippen molar-refractivity contribution >= 4 is 22.4 Å². The van der Waals surface area contributed by atoms with Crippen LogP contribution in [0.15, 0.2) is 42.5 Å². The molecule has 1 aromatic heterocycles. The summed E-state index contributed by atoms with van der Waals surface area (Å²) in [6.07, 6.45) is 0. The molecule has 4 heteroatoms. The molecule has 0 fully saturated rings. The lowest BCUT2D eigenvalue weighted by Crippen LogP contribution is -2.26. The fourth-order valence-corrected chi connectivity index (χ4v) is 3.04. The molecule has 0 amide bonds. The summed E-state index contributed by atoms with van der Waals surface area (Å²) >= 11 is 0. The molecule has 0 bridgehead atoms. The summed E-state index contributed by atoms with van der Waals surface area (Å²) in [5.41, 5.74) is 4.57. The van der Waals surface area contributed by atoms with Crippen molar-refractivity contribution in [3.05, 3.63) is 59.3 Å². The molecule has 3 aromatic rings. The maximum absolute atomic E-state index is 13.0. The predicted octanol–water partition coefficient (Wildman–Crippen LogP) is 4.48. The number of nitrogens with one attached hydrogen (secondary N) is 2. The summed E-state index contributed by atoms with van der Waals surface area (Å²) in [6.45, 7) is 5.83. The zero-order valence-corrected chi connectivity index (χ0v) is 14.4. The summed E-state index contributed by atoms with van der Waals surface area (Å²) in [7, 11) is 1.63. The minimum absolute atomic E-state index is 0.0634. The Balaban J connectivity index is 1.92. The molecular weight excluding hydrogens is 300 g/mol. The first-order valence-corrected chi connectivity index (χ1v) is 8.04. The Morgan fingerprint density at radius 3 is 2.67 bits per heavy atom. The van der Waals surface area contributed by atoms with Crippen LogP contribution in [0, 0.1) is 13.8 Å². The van der Waals surface area contributed by atoms with Crippen LogP contribution in [0.3, 0.4) is 0 Å². The van der Waals surface area contributed by atoms with Gasteiger partial charge in [-0.1, -0.05) is 24.3 Å². The third-order valence-corrected chi connectivity index (χ3v) is 4.26. The molecule has 0 saturated heterocycles. The van der Waals surface area contributed by atoms with Crippen LogP contribution in [0.4, 0.5) is 5.69 Å². The number of para-hydroxylation sites is 1. The lowest BCUT2D eigenvalue weighted by Gasteiger charge is -2.17. The maximum Gasteiger partial charge on any atom is 0.187 e. The maximum atomic E-state index is 13.0. The molecule has 0 spiro atoms. The number of ether oxygens (including phenoxy) is 1. The lowest BCUT2D eigenvalue weighted by molar-refractivity contribution is 0.0976. The van der Waals surface area contributed by atoms with E-state index < -0.39 is 0 Å². The highest BCUT2D eigenvalue weighted by Gasteiger charge is 2.22. The Morgan fingerprint density at radius 1 is 1.17 bits per heavy atom. The van der Waals surface area contributed by atoms with Crippen LogP contribution >= 0.6 is 0 Å². The molecule has 2 aromatic carbocycles. The number of fused-ring (bicyclic) bond motifs is 1. The Labute approximate surface area is 141 Å². The molecule has 1 heterocycles. The number of hydrogen-bond acceptors (Lipinski definition) is 3. The van der Waals surface area contributed by atoms with Gasteiger partial charge in [-0.05, 0) is 44.5 Å². The summed E-state index contributed by atoms with van der Waals surface area (Å²) in [6, 6.07) is 13.4. The molecule has 2 N–H and O–H groups in total. The van der Waals surface area contributed by atoms with Crippen LogP contribution in [0.2, 0.25) is 0 Å². The number of hydrogen-bond donors (Lipinski definition) is 2. The number of methoxy groups -OCH3 is 1. The fraction of sp³-hybridized carbons (Fsp3) is 0.250. The van der Waals surface area contributed by atoms with Gasteiger partial charge in [0.15, 0.2) is 5.78 Å². The smallest absolute Gasteiger partial charge is 0.187 e. The third-order valence-electron chi connectivity index (χ3n) is 4.26. The number of aryl methyl sites for hydroxylation is 2. The largest absolute Gasteiger partial charge is 0.495 e. The predicted molar refractivity (Wildman–Crippen MR) is 98.2 cm³/mol. The van der Waals surface area contributed by atoms with Crippen LogP contribution in [-0.4, -0.2) is 23.9 Å². The number of anilines is 1. The number of Topliss-reactive ketones (excluding diaryl/α,β-unsaturated/α-hetero) is 1. The van der Waals surface area contributed by atoms with Gasteiger partial charge in [0, 0.05) is 22.2 Å². The van der Waals surface area contributed by atoms with E-state index in [0.29, 0.717) is 0 Å². The Hall–Kier alpha value is -2.75. The van der Waals surface area contributed by atoms with Gasteiger partial charge < -0.3 is 15.0 Å². The Kier molecular flexibility index (Phi) is 4.30. The molecule has 24 heavy (non-hydrogen) atoms. The number of rotatable bonds is 5. The van der Waals surface area contributed by atoms with E-state index in [2.05, 4.69) is 10.3 Å². The number of aromatic nitrogens is 1. The average Bonchev–Trinajstić information content (AvgIpc) is 2.90. The van der Waals surface area contributed by atoms with Gasteiger partial charge in [0.1, 0.15) is 5.75 Å². The first-order valence-electron chi connectivity index (χ1n) is 8.04. The molecule has 1 atom stereocenters. The lowest BCUT2D eigenvalue weighted by atomic mass is 10.0. The summed E-state index contributed by atoms with van der Waals surface area (Å²) in [4.78, 5) is 16.3. The second-order valence-corrected chi connectivity index (χ2v) is 6.10.